The molecule has 0 spiro atoms. The molecule has 0 atom stereocenters. The number of amidine groups is 1. The molecule has 7 heteroatoms. The van der Waals surface area contributed by atoms with Gasteiger partial charge >= 0.3 is 0 Å². The smallest absolute Gasteiger partial charge is 0.264 e. The maximum atomic E-state index is 12.3. The van der Waals surface area contributed by atoms with E-state index in [9.17, 15) is 4.79 Å². The predicted octanol–water partition coefficient (Wildman–Crippen LogP) is 5.73. The number of carbonyl (C=O) groups is 1. The van der Waals surface area contributed by atoms with Crippen molar-refractivity contribution in [3.05, 3.63) is 60.9 Å². The first-order chi connectivity index (χ1) is 12.4. The van der Waals surface area contributed by atoms with Crippen molar-refractivity contribution in [3.8, 4) is 5.75 Å². The largest absolute Gasteiger partial charge is 0.496 e. The minimum Gasteiger partial charge on any atom is -0.496 e. The van der Waals surface area contributed by atoms with Gasteiger partial charge in [0.15, 0.2) is 5.17 Å². The number of aryl methyl sites for hydroxylation is 2. The number of ether oxygens (including phenoxy) is 1. The molecule has 0 radical (unpaired) electrons. The van der Waals surface area contributed by atoms with E-state index in [0.29, 0.717) is 15.8 Å². The fourth-order valence-electron chi connectivity index (χ4n) is 2.54. The van der Waals surface area contributed by atoms with E-state index in [0.717, 1.165) is 31.3 Å². The summed E-state index contributed by atoms with van der Waals surface area (Å²) in [6, 6.07) is 9.63. The number of rotatable bonds is 3. The summed E-state index contributed by atoms with van der Waals surface area (Å²) in [4.78, 5) is 17.5. The first-order valence-electron chi connectivity index (χ1n) is 7.77. The van der Waals surface area contributed by atoms with Gasteiger partial charge in [0.25, 0.3) is 5.91 Å². The molecule has 2 aromatic rings. The molecule has 1 aliphatic heterocycles. The van der Waals surface area contributed by atoms with Gasteiger partial charge in [-0.2, -0.15) is 0 Å². The van der Waals surface area contributed by atoms with Crippen molar-refractivity contribution in [1.29, 1.82) is 0 Å². The Balaban J connectivity index is 1.91. The van der Waals surface area contributed by atoms with Crippen LogP contribution in [0.1, 0.15) is 16.7 Å². The molecule has 3 rings (SSSR count). The second kappa shape index (κ2) is 7.98. The van der Waals surface area contributed by atoms with Gasteiger partial charge < -0.3 is 10.1 Å². The van der Waals surface area contributed by atoms with Gasteiger partial charge in [0.05, 0.1) is 17.7 Å². The van der Waals surface area contributed by atoms with Gasteiger partial charge in [0.1, 0.15) is 5.75 Å². The normalized spacial score (nSPS) is 17.0. The van der Waals surface area contributed by atoms with E-state index >= 15 is 0 Å². The maximum Gasteiger partial charge on any atom is 0.264 e. The van der Waals surface area contributed by atoms with Crippen LogP contribution >= 0.6 is 43.6 Å². The van der Waals surface area contributed by atoms with Crippen molar-refractivity contribution < 1.29 is 9.53 Å². The summed E-state index contributed by atoms with van der Waals surface area (Å²) in [7, 11) is 1.61. The van der Waals surface area contributed by atoms with Crippen LogP contribution in [0.5, 0.6) is 5.75 Å². The van der Waals surface area contributed by atoms with E-state index in [2.05, 4.69) is 42.2 Å². The molecule has 2 aromatic carbocycles. The Morgan fingerprint density at radius 3 is 2.50 bits per heavy atom. The lowest BCUT2D eigenvalue weighted by Gasteiger charge is -2.05. The molecule has 0 saturated carbocycles. The van der Waals surface area contributed by atoms with Crippen LogP contribution in [0.2, 0.25) is 0 Å². The third kappa shape index (κ3) is 4.22. The molecule has 0 aliphatic carbocycles. The molecule has 1 aliphatic rings. The molecule has 1 heterocycles. The maximum absolute atomic E-state index is 12.3. The SMILES string of the molecule is COc1ccc(Br)cc1/C=C1\SC(=Nc2cc(C)c(Br)c(C)c2)NC1=O. The van der Waals surface area contributed by atoms with Gasteiger partial charge in [0, 0.05) is 14.5 Å². The highest BCUT2D eigenvalue weighted by atomic mass is 79.9. The summed E-state index contributed by atoms with van der Waals surface area (Å²) in [6.45, 7) is 4.04. The lowest BCUT2D eigenvalue weighted by molar-refractivity contribution is -0.115. The predicted molar refractivity (Wildman–Crippen MR) is 115 cm³/mol. The standard InChI is InChI=1S/C19H16Br2N2O2S/c1-10-6-14(7-11(2)17(10)21)22-19-23-18(24)16(26-19)9-12-8-13(20)4-5-15(12)25-3/h4-9H,1-3H3,(H,22,23,24)/b16-9-. The van der Waals surface area contributed by atoms with Crippen LogP contribution in [-0.4, -0.2) is 18.2 Å². The molecule has 4 nitrogen and oxygen atoms in total. The van der Waals surface area contributed by atoms with Gasteiger partial charge in [0.2, 0.25) is 0 Å². The molecule has 134 valence electrons. The lowest BCUT2D eigenvalue weighted by Crippen LogP contribution is -2.19. The molecule has 1 amide bonds. The van der Waals surface area contributed by atoms with Gasteiger partial charge in [-0.1, -0.05) is 31.9 Å². The summed E-state index contributed by atoms with van der Waals surface area (Å²) < 4.78 is 7.36. The Labute approximate surface area is 173 Å². The topological polar surface area (TPSA) is 50.7 Å². The van der Waals surface area contributed by atoms with E-state index in [1.807, 2.05) is 50.3 Å². The number of methoxy groups -OCH3 is 1. The number of hydrogen-bond acceptors (Lipinski definition) is 4. The summed E-state index contributed by atoms with van der Waals surface area (Å²) in [5.41, 5.74) is 3.85. The molecular weight excluding hydrogens is 480 g/mol. The number of thioether (sulfide) groups is 1. The molecule has 0 bridgehead atoms. The van der Waals surface area contributed by atoms with Crippen molar-refractivity contribution in [1.82, 2.24) is 5.32 Å². The molecule has 26 heavy (non-hydrogen) atoms. The molecule has 1 fully saturated rings. The number of nitrogens with zero attached hydrogens (tertiary/aromatic N) is 1. The van der Waals surface area contributed by atoms with E-state index in [1.165, 1.54) is 11.8 Å². The zero-order chi connectivity index (χ0) is 18.8. The number of benzene rings is 2. The Morgan fingerprint density at radius 1 is 1.15 bits per heavy atom. The molecule has 0 unspecified atom stereocenters. The fourth-order valence-corrected chi connectivity index (χ4v) is 3.99. The van der Waals surface area contributed by atoms with E-state index in [1.54, 1.807) is 7.11 Å². The summed E-state index contributed by atoms with van der Waals surface area (Å²) in [5, 5.41) is 3.39. The number of nitrogens with one attached hydrogen (secondary N) is 1. The zero-order valence-electron chi connectivity index (χ0n) is 14.4. The number of amides is 1. The molecule has 1 N–H and O–H groups in total. The number of halogens is 2. The van der Waals surface area contributed by atoms with Crippen LogP contribution in [0.15, 0.2) is 49.2 Å². The number of hydrogen-bond donors (Lipinski definition) is 1. The van der Waals surface area contributed by atoms with Crippen molar-refractivity contribution in [2.75, 3.05) is 7.11 Å². The Morgan fingerprint density at radius 2 is 1.85 bits per heavy atom. The van der Waals surface area contributed by atoms with Crippen LogP contribution in [0.25, 0.3) is 6.08 Å². The minimum absolute atomic E-state index is 0.165. The average molecular weight is 496 g/mol. The fraction of sp³-hybridized carbons (Fsp3) is 0.158. The van der Waals surface area contributed by atoms with Crippen molar-refractivity contribution >= 4 is 66.5 Å². The summed E-state index contributed by atoms with van der Waals surface area (Å²) >= 11 is 8.32. The second-order valence-corrected chi connectivity index (χ2v) is 8.50. The van der Waals surface area contributed by atoms with Crippen LogP contribution in [0.4, 0.5) is 5.69 Å². The quantitative estimate of drug-likeness (QED) is 0.553. The first kappa shape index (κ1) is 19.2. The highest BCUT2D eigenvalue weighted by Gasteiger charge is 2.24. The van der Waals surface area contributed by atoms with Gasteiger partial charge in [-0.05, 0) is 73.1 Å². The highest BCUT2D eigenvalue weighted by Crippen LogP contribution is 2.33. The first-order valence-corrected chi connectivity index (χ1v) is 10.2. The lowest BCUT2D eigenvalue weighted by atomic mass is 10.1. The van der Waals surface area contributed by atoms with Gasteiger partial charge in [-0.3, -0.25) is 4.79 Å². The third-order valence-corrected chi connectivity index (χ3v) is 6.44. The monoisotopic (exact) mass is 494 g/mol. The van der Waals surface area contributed by atoms with E-state index in [4.69, 9.17) is 4.74 Å². The molecular formula is C19H16Br2N2O2S. The van der Waals surface area contributed by atoms with Crippen LogP contribution in [-0.2, 0) is 4.79 Å². The van der Waals surface area contributed by atoms with Crippen LogP contribution < -0.4 is 10.1 Å². The Kier molecular flexibility index (Phi) is 5.89. The van der Waals surface area contributed by atoms with E-state index < -0.39 is 0 Å². The minimum atomic E-state index is -0.165. The van der Waals surface area contributed by atoms with Crippen molar-refractivity contribution in [2.45, 2.75) is 13.8 Å². The van der Waals surface area contributed by atoms with Crippen molar-refractivity contribution in [2.24, 2.45) is 4.99 Å². The number of carbonyl (C=O) groups excluding carboxylic acids is 1. The molecule has 0 aromatic heterocycles. The van der Waals surface area contributed by atoms with Crippen molar-refractivity contribution in [3.63, 3.8) is 0 Å². The van der Waals surface area contributed by atoms with E-state index in [-0.39, 0.29) is 5.91 Å². The summed E-state index contributed by atoms with van der Waals surface area (Å²) in [6.07, 6.45) is 1.81. The van der Waals surface area contributed by atoms with Crippen LogP contribution in [0.3, 0.4) is 0 Å². The Hall–Kier alpha value is -1.57. The van der Waals surface area contributed by atoms with Gasteiger partial charge in [-0.15, -0.1) is 0 Å². The second-order valence-electron chi connectivity index (χ2n) is 5.76. The highest BCUT2D eigenvalue weighted by molar-refractivity contribution is 9.10. The zero-order valence-corrected chi connectivity index (χ0v) is 18.4. The average Bonchev–Trinajstić information content (AvgIpc) is 2.92. The van der Waals surface area contributed by atoms with Gasteiger partial charge in [-0.25, -0.2) is 4.99 Å². The molecule has 1 saturated heterocycles. The number of aliphatic imine (C=N–C) groups is 1. The van der Waals surface area contributed by atoms with Crippen LogP contribution in [0, 0.1) is 13.8 Å². The Bertz CT molecular complexity index is 932. The third-order valence-electron chi connectivity index (χ3n) is 3.78. The summed E-state index contributed by atoms with van der Waals surface area (Å²) in [5.74, 6) is 0.542.